The smallest absolute Gasteiger partial charge is 0.0220 e. The van der Waals surface area contributed by atoms with E-state index >= 15 is 0 Å². The highest BCUT2D eigenvalue weighted by Gasteiger charge is 2.24. The zero-order chi connectivity index (χ0) is 14.3. The fraction of sp³-hybridized carbons (Fsp3) is 1.00. The molecule has 1 saturated carbocycles. The molecule has 1 aliphatic carbocycles. The predicted octanol–water partition coefficient (Wildman–Crippen LogP) is 3.91. The average Bonchev–Trinajstić information content (AvgIpc) is 2.43. The molecular formula is C17H36N2. The summed E-state index contributed by atoms with van der Waals surface area (Å²) in [6, 6.07) is 1.49. The van der Waals surface area contributed by atoms with Gasteiger partial charge in [0.2, 0.25) is 0 Å². The zero-order valence-corrected chi connectivity index (χ0v) is 13.9. The van der Waals surface area contributed by atoms with Crippen molar-refractivity contribution in [3.05, 3.63) is 0 Å². The molecule has 0 bridgehead atoms. The molecule has 2 nitrogen and oxygen atoms in total. The van der Waals surface area contributed by atoms with Crippen molar-refractivity contribution in [2.24, 2.45) is 11.8 Å². The average molecular weight is 268 g/mol. The van der Waals surface area contributed by atoms with Gasteiger partial charge in [-0.1, -0.05) is 34.1 Å². The summed E-state index contributed by atoms with van der Waals surface area (Å²) in [5.41, 5.74) is 0. The number of hydrogen-bond donors (Lipinski definition) is 1. The SMILES string of the molecule is CCCNC(CN(C)C1CCC(C)CC1)C(C)CC. The fourth-order valence-electron chi connectivity index (χ4n) is 3.20. The van der Waals surface area contributed by atoms with Crippen LogP contribution >= 0.6 is 0 Å². The minimum atomic E-state index is 0.661. The first-order valence-electron chi connectivity index (χ1n) is 8.52. The third kappa shape index (κ3) is 5.83. The van der Waals surface area contributed by atoms with Gasteiger partial charge in [-0.3, -0.25) is 0 Å². The van der Waals surface area contributed by atoms with Crippen molar-refractivity contribution in [2.75, 3.05) is 20.1 Å². The number of rotatable bonds is 8. The molecule has 0 amide bonds. The van der Waals surface area contributed by atoms with Gasteiger partial charge in [-0.15, -0.1) is 0 Å². The molecule has 2 unspecified atom stereocenters. The van der Waals surface area contributed by atoms with Crippen molar-refractivity contribution in [3.8, 4) is 0 Å². The van der Waals surface area contributed by atoms with Crippen LogP contribution in [0.15, 0.2) is 0 Å². The molecule has 1 rings (SSSR count). The van der Waals surface area contributed by atoms with Gasteiger partial charge >= 0.3 is 0 Å². The van der Waals surface area contributed by atoms with Crippen LogP contribution in [-0.4, -0.2) is 37.1 Å². The quantitative estimate of drug-likeness (QED) is 0.718. The van der Waals surface area contributed by atoms with E-state index in [2.05, 4.69) is 45.0 Å². The van der Waals surface area contributed by atoms with Crippen LogP contribution in [0.5, 0.6) is 0 Å². The van der Waals surface area contributed by atoms with Crippen LogP contribution in [0.3, 0.4) is 0 Å². The van der Waals surface area contributed by atoms with E-state index in [9.17, 15) is 0 Å². The second-order valence-electron chi connectivity index (χ2n) is 6.80. The van der Waals surface area contributed by atoms with Crippen molar-refractivity contribution in [1.29, 1.82) is 0 Å². The molecule has 0 saturated heterocycles. The molecule has 2 atom stereocenters. The molecule has 0 aliphatic heterocycles. The monoisotopic (exact) mass is 268 g/mol. The van der Waals surface area contributed by atoms with E-state index < -0.39 is 0 Å². The molecule has 19 heavy (non-hydrogen) atoms. The van der Waals surface area contributed by atoms with Crippen LogP contribution in [0.4, 0.5) is 0 Å². The minimum absolute atomic E-state index is 0.661. The van der Waals surface area contributed by atoms with E-state index in [0.29, 0.717) is 6.04 Å². The Kier molecular flexibility index (Phi) is 8.01. The van der Waals surface area contributed by atoms with Gasteiger partial charge in [0.25, 0.3) is 0 Å². The molecule has 0 aromatic carbocycles. The van der Waals surface area contributed by atoms with Crippen LogP contribution in [0, 0.1) is 11.8 Å². The van der Waals surface area contributed by atoms with Crippen LogP contribution in [0.2, 0.25) is 0 Å². The number of nitrogens with one attached hydrogen (secondary N) is 1. The van der Waals surface area contributed by atoms with Gasteiger partial charge in [0, 0.05) is 18.6 Å². The molecule has 1 aliphatic rings. The number of nitrogens with zero attached hydrogens (tertiary/aromatic N) is 1. The van der Waals surface area contributed by atoms with Crippen molar-refractivity contribution in [3.63, 3.8) is 0 Å². The maximum Gasteiger partial charge on any atom is 0.0220 e. The first kappa shape index (κ1) is 17.0. The van der Waals surface area contributed by atoms with Crippen molar-refractivity contribution in [1.82, 2.24) is 10.2 Å². The lowest BCUT2D eigenvalue weighted by Gasteiger charge is -2.37. The number of likely N-dealkylation sites (N-methyl/N-ethyl adjacent to an activating group) is 1. The van der Waals surface area contributed by atoms with E-state index in [1.165, 1.54) is 45.1 Å². The van der Waals surface area contributed by atoms with Crippen molar-refractivity contribution >= 4 is 0 Å². The molecule has 2 heteroatoms. The highest BCUT2D eigenvalue weighted by Crippen LogP contribution is 2.26. The standard InChI is InChI=1S/C17H36N2/c1-6-12-18-17(15(4)7-2)13-19(5)16-10-8-14(3)9-11-16/h14-18H,6-13H2,1-5H3. The minimum Gasteiger partial charge on any atom is -0.312 e. The summed E-state index contributed by atoms with van der Waals surface area (Å²) in [4.78, 5) is 2.63. The van der Waals surface area contributed by atoms with Crippen LogP contribution in [-0.2, 0) is 0 Å². The number of hydrogen-bond acceptors (Lipinski definition) is 2. The summed E-state index contributed by atoms with van der Waals surface area (Å²) < 4.78 is 0. The first-order chi connectivity index (χ1) is 9.08. The molecule has 0 aromatic rings. The Morgan fingerprint density at radius 2 is 1.79 bits per heavy atom. The Morgan fingerprint density at radius 1 is 1.16 bits per heavy atom. The lowest BCUT2D eigenvalue weighted by atomic mass is 9.86. The van der Waals surface area contributed by atoms with Gasteiger partial charge in [-0.2, -0.15) is 0 Å². The van der Waals surface area contributed by atoms with Crippen LogP contribution in [0.25, 0.3) is 0 Å². The largest absolute Gasteiger partial charge is 0.312 e. The molecule has 1 N–H and O–H groups in total. The Morgan fingerprint density at radius 3 is 2.32 bits per heavy atom. The fourth-order valence-corrected chi connectivity index (χ4v) is 3.20. The van der Waals surface area contributed by atoms with E-state index in [0.717, 1.165) is 24.4 Å². The summed E-state index contributed by atoms with van der Waals surface area (Å²) in [6.45, 7) is 11.7. The maximum atomic E-state index is 3.76. The lowest BCUT2D eigenvalue weighted by molar-refractivity contribution is 0.143. The van der Waals surface area contributed by atoms with Gasteiger partial charge in [0.15, 0.2) is 0 Å². The molecular weight excluding hydrogens is 232 g/mol. The second kappa shape index (κ2) is 8.97. The third-order valence-corrected chi connectivity index (χ3v) is 5.08. The normalized spacial score (nSPS) is 27.5. The Bertz CT molecular complexity index is 221. The van der Waals surface area contributed by atoms with E-state index in [1.54, 1.807) is 0 Å². The summed E-state index contributed by atoms with van der Waals surface area (Å²) >= 11 is 0. The summed E-state index contributed by atoms with van der Waals surface area (Å²) in [5, 5.41) is 3.76. The third-order valence-electron chi connectivity index (χ3n) is 5.08. The highest BCUT2D eigenvalue weighted by molar-refractivity contribution is 4.82. The molecule has 0 radical (unpaired) electrons. The summed E-state index contributed by atoms with van der Waals surface area (Å²) in [6.07, 6.45) is 8.16. The van der Waals surface area contributed by atoms with Gasteiger partial charge < -0.3 is 10.2 Å². The summed E-state index contributed by atoms with van der Waals surface area (Å²) in [5.74, 6) is 1.73. The highest BCUT2D eigenvalue weighted by atomic mass is 15.2. The van der Waals surface area contributed by atoms with E-state index in [1.807, 2.05) is 0 Å². The molecule has 0 aromatic heterocycles. The van der Waals surface area contributed by atoms with Crippen LogP contribution in [0.1, 0.15) is 66.2 Å². The van der Waals surface area contributed by atoms with Gasteiger partial charge in [0.05, 0.1) is 0 Å². The lowest BCUT2D eigenvalue weighted by Crippen LogP contribution is -2.47. The van der Waals surface area contributed by atoms with Gasteiger partial charge in [0.1, 0.15) is 0 Å². The van der Waals surface area contributed by atoms with Crippen molar-refractivity contribution < 1.29 is 0 Å². The summed E-state index contributed by atoms with van der Waals surface area (Å²) in [7, 11) is 2.34. The Balaban J connectivity index is 2.43. The molecule has 114 valence electrons. The Labute approximate surface area is 121 Å². The van der Waals surface area contributed by atoms with Crippen LogP contribution < -0.4 is 5.32 Å². The van der Waals surface area contributed by atoms with Gasteiger partial charge in [-0.05, 0) is 57.5 Å². The topological polar surface area (TPSA) is 15.3 Å². The molecule has 0 heterocycles. The van der Waals surface area contributed by atoms with Gasteiger partial charge in [-0.25, -0.2) is 0 Å². The van der Waals surface area contributed by atoms with Crippen molar-refractivity contribution in [2.45, 2.75) is 78.3 Å². The maximum absolute atomic E-state index is 3.76. The Hall–Kier alpha value is -0.0800. The zero-order valence-electron chi connectivity index (χ0n) is 13.9. The first-order valence-corrected chi connectivity index (χ1v) is 8.52. The molecule has 1 fully saturated rings. The second-order valence-corrected chi connectivity index (χ2v) is 6.80. The predicted molar refractivity (Wildman–Crippen MR) is 85.6 cm³/mol. The van der Waals surface area contributed by atoms with E-state index in [-0.39, 0.29) is 0 Å². The molecule has 0 spiro atoms. The van der Waals surface area contributed by atoms with E-state index in [4.69, 9.17) is 0 Å².